The fourth-order valence-electron chi connectivity index (χ4n) is 3.90. The van der Waals surface area contributed by atoms with Crippen LogP contribution < -0.4 is 5.32 Å². The van der Waals surface area contributed by atoms with Gasteiger partial charge in [-0.15, -0.1) is 0 Å². The third kappa shape index (κ3) is 4.17. The summed E-state index contributed by atoms with van der Waals surface area (Å²) in [6.07, 6.45) is 3.06. The number of benzene rings is 1. The van der Waals surface area contributed by atoms with Gasteiger partial charge >= 0.3 is 0 Å². The lowest BCUT2D eigenvalue weighted by Crippen LogP contribution is -2.47. The standard InChI is InChI=1S/C21H30N4O/c1-16-21(17(2)25(23-16)14-18-6-4-3-5-7-18)13-22-12-20-15-24(10-11-26-20)19-8-9-19/h3-7,19-20,22H,8-15H2,1-2H3. The number of aromatic nitrogens is 2. The number of ether oxygens (including phenoxy) is 1. The van der Waals surface area contributed by atoms with Crippen LogP contribution in [0.15, 0.2) is 30.3 Å². The minimum Gasteiger partial charge on any atom is -0.374 e. The van der Waals surface area contributed by atoms with E-state index in [1.54, 1.807) is 0 Å². The summed E-state index contributed by atoms with van der Waals surface area (Å²) in [6.45, 7) is 9.92. The van der Waals surface area contributed by atoms with E-state index in [1.165, 1.54) is 29.7 Å². The summed E-state index contributed by atoms with van der Waals surface area (Å²) in [5.41, 5.74) is 4.97. The van der Waals surface area contributed by atoms with Crippen molar-refractivity contribution in [2.24, 2.45) is 0 Å². The van der Waals surface area contributed by atoms with Crippen molar-refractivity contribution in [3.05, 3.63) is 52.8 Å². The van der Waals surface area contributed by atoms with Crippen molar-refractivity contribution < 1.29 is 4.74 Å². The Morgan fingerprint density at radius 2 is 2.00 bits per heavy atom. The minimum atomic E-state index is 0.310. The van der Waals surface area contributed by atoms with Gasteiger partial charge in [0.1, 0.15) is 0 Å². The van der Waals surface area contributed by atoms with Crippen molar-refractivity contribution >= 4 is 0 Å². The molecule has 1 unspecified atom stereocenters. The molecule has 1 atom stereocenters. The Morgan fingerprint density at radius 1 is 1.19 bits per heavy atom. The molecule has 1 aromatic carbocycles. The zero-order chi connectivity index (χ0) is 17.9. The Kier molecular flexibility index (Phi) is 5.38. The molecule has 2 fully saturated rings. The van der Waals surface area contributed by atoms with Crippen LogP contribution in [0.3, 0.4) is 0 Å². The smallest absolute Gasteiger partial charge is 0.0826 e. The van der Waals surface area contributed by atoms with E-state index in [2.05, 4.69) is 59.1 Å². The molecule has 2 aliphatic rings. The van der Waals surface area contributed by atoms with Crippen LogP contribution in [-0.4, -0.2) is 53.1 Å². The lowest BCUT2D eigenvalue weighted by atomic mass is 10.2. The first-order valence-corrected chi connectivity index (χ1v) is 9.84. The largest absolute Gasteiger partial charge is 0.374 e. The van der Waals surface area contributed by atoms with Gasteiger partial charge in [0, 0.05) is 43.5 Å². The highest BCUT2D eigenvalue weighted by Crippen LogP contribution is 2.28. The molecule has 5 heteroatoms. The molecular formula is C21H30N4O. The van der Waals surface area contributed by atoms with Gasteiger partial charge in [-0.1, -0.05) is 30.3 Å². The summed E-state index contributed by atoms with van der Waals surface area (Å²) in [5.74, 6) is 0. The van der Waals surface area contributed by atoms with Crippen LogP contribution in [0.1, 0.15) is 35.4 Å². The topological polar surface area (TPSA) is 42.3 Å². The van der Waals surface area contributed by atoms with Gasteiger partial charge in [0.25, 0.3) is 0 Å². The van der Waals surface area contributed by atoms with Crippen LogP contribution in [0.4, 0.5) is 0 Å². The Bertz CT molecular complexity index is 723. The fraction of sp³-hybridized carbons (Fsp3) is 0.571. The monoisotopic (exact) mass is 354 g/mol. The van der Waals surface area contributed by atoms with E-state index in [4.69, 9.17) is 9.84 Å². The van der Waals surface area contributed by atoms with Crippen LogP contribution in [0.25, 0.3) is 0 Å². The molecule has 1 aliphatic heterocycles. The van der Waals surface area contributed by atoms with Gasteiger partial charge in [-0.2, -0.15) is 5.10 Å². The second kappa shape index (κ2) is 7.91. The Labute approximate surface area is 156 Å². The highest BCUT2D eigenvalue weighted by Gasteiger charge is 2.32. The molecule has 4 rings (SSSR count). The Morgan fingerprint density at radius 3 is 2.77 bits per heavy atom. The predicted octanol–water partition coefficient (Wildman–Crippen LogP) is 2.50. The second-order valence-corrected chi connectivity index (χ2v) is 7.64. The lowest BCUT2D eigenvalue weighted by Gasteiger charge is -2.33. The summed E-state index contributed by atoms with van der Waals surface area (Å²) < 4.78 is 8.06. The molecule has 2 heterocycles. The Balaban J connectivity index is 1.32. The average Bonchev–Trinajstić information content (AvgIpc) is 3.47. The first kappa shape index (κ1) is 17.7. The number of aryl methyl sites for hydroxylation is 1. The maximum atomic E-state index is 5.94. The summed E-state index contributed by atoms with van der Waals surface area (Å²) in [6, 6.07) is 11.4. The summed E-state index contributed by atoms with van der Waals surface area (Å²) in [7, 11) is 0. The number of hydrogen-bond acceptors (Lipinski definition) is 4. The molecule has 0 amide bonds. The number of nitrogens with one attached hydrogen (secondary N) is 1. The van der Waals surface area contributed by atoms with Gasteiger partial charge in [-0.25, -0.2) is 0 Å². The fourth-order valence-corrected chi connectivity index (χ4v) is 3.90. The lowest BCUT2D eigenvalue weighted by molar-refractivity contribution is -0.0301. The number of hydrogen-bond donors (Lipinski definition) is 1. The van der Waals surface area contributed by atoms with Crippen molar-refractivity contribution in [3.63, 3.8) is 0 Å². The molecule has 1 saturated carbocycles. The quantitative estimate of drug-likeness (QED) is 0.830. The van der Waals surface area contributed by atoms with Crippen LogP contribution in [-0.2, 0) is 17.8 Å². The molecule has 0 spiro atoms. The predicted molar refractivity (Wildman–Crippen MR) is 103 cm³/mol. The van der Waals surface area contributed by atoms with E-state index in [0.29, 0.717) is 6.10 Å². The summed E-state index contributed by atoms with van der Waals surface area (Å²) in [4.78, 5) is 2.60. The van der Waals surface area contributed by atoms with Crippen LogP contribution in [0.2, 0.25) is 0 Å². The molecule has 1 saturated heterocycles. The van der Waals surface area contributed by atoms with Crippen molar-refractivity contribution in [1.29, 1.82) is 0 Å². The van der Waals surface area contributed by atoms with E-state index in [0.717, 1.165) is 51.1 Å². The van der Waals surface area contributed by atoms with Gasteiger partial charge < -0.3 is 10.1 Å². The number of nitrogens with zero attached hydrogens (tertiary/aromatic N) is 3. The van der Waals surface area contributed by atoms with E-state index in [-0.39, 0.29) is 0 Å². The van der Waals surface area contributed by atoms with Crippen LogP contribution in [0.5, 0.6) is 0 Å². The highest BCUT2D eigenvalue weighted by atomic mass is 16.5. The first-order chi connectivity index (χ1) is 12.7. The van der Waals surface area contributed by atoms with Gasteiger partial charge in [0.15, 0.2) is 0 Å². The van der Waals surface area contributed by atoms with Gasteiger partial charge in [0.2, 0.25) is 0 Å². The van der Waals surface area contributed by atoms with Gasteiger partial charge in [0.05, 0.1) is 24.9 Å². The second-order valence-electron chi connectivity index (χ2n) is 7.64. The average molecular weight is 354 g/mol. The molecule has 1 aliphatic carbocycles. The van der Waals surface area contributed by atoms with Crippen molar-refractivity contribution in [2.75, 3.05) is 26.2 Å². The maximum absolute atomic E-state index is 5.94. The number of morpholine rings is 1. The SMILES string of the molecule is Cc1nn(Cc2ccccc2)c(C)c1CNCC1CN(C2CC2)CCO1. The molecule has 140 valence electrons. The third-order valence-corrected chi connectivity index (χ3v) is 5.61. The van der Waals surface area contributed by atoms with Crippen LogP contribution >= 0.6 is 0 Å². The van der Waals surface area contributed by atoms with Crippen molar-refractivity contribution in [2.45, 2.75) is 51.9 Å². The van der Waals surface area contributed by atoms with Gasteiger partial charge in [-0.3, -0.25) is 9.58 Å². The van der Waals surface area contributed by atoms with Crippen molar-refractivity contribution in [3.8, 4) is 0 Å². The number of rotatable bonds is 7. The zero-order valence-electron chi connectivity index (χ0n) is 15.9. The van der Waals surface area contributed by atoms with E-state index in [9.17, 15) is 0 Å². The van der Waals surface area contributed by atoms with E-state index < -0.39 is 0 Å². The molecule has 26 heavy (non-hydrogen) atoms. The van der Waals surface area contributed by atoms with E-state index >= 15 is 0 Å². The molecule has 0 radical (unpaired) electrons. The first-order valence-electron chi connectivity index (χ1n) is 9.84. The normalized spacial score (nSPS) is 21.2. The van der Waals surface area contributed by atoms with Gasteiger partial charge in [-0.05, 0) is 32.3 Å². The molecule has 0 bridgehead atoms. The highest BCUT2D eigenvalue weighted by molar-refractivity contribution is 5.26. The van der Waals surface area contributed by atoms with Crippen LogP contribution in [0, 0.1) is 13.8 Å². The molecule has 2 aromatic rings. The molecule has 1 N–H and O–H groups in total. The van der Waals surface area contributed by atoms with Crippen molar-refractivity contribution in [1.82, 2.24) is 20.0 Å². The summed E-state index contributed by atoms with van der Waals surface area (Å²) >= 11 is 0. The maximum Gasteiger partial charge on any atom is 0.0826 e. The third-order valence-electron chi connectivity index (χ3n) is 5.61. The van der Waals surface area contributed by atoms with E-state index in [1.807, 2.05) is 0 Å². The minimum absolute atomic E-state index is 0.310. The summed E-state index contributed by atoms with van der Waals surface area (Å²) in [5, 5.41) is 8.36. The molecule has 5 nitrogen and oxygen atoms in total. The molecular weight excluding hydrogens is 324 g/mol. The Hall–Kier alpha value is -1.69. The molecule has 1 aromatic heterocycles. The zero-order valence-corrected chi connectivity index (χ0v) is 15.9.